The van der Waals surface area contributed by atoms with E-state index >= 15 is 0 Å². The number of hydrogen-bond donors (Lipinski definition) is 0. The molecule has 0 aliphatic rings. The molecule has 0 saturated carbocycles. The van der Waals surface area contributed by atoms with Gasteiger partial charge in [-0.3, -0.25) is 4.98 Å². The van der Waals surface area contributed by atoms with Crippen molar-refractivity contribution in [1.82, 2.24) is 4.98 Å². The molecule has 0 atom stereocenters. The summed E-state index contributed by atoms with van der Waals surface area (Å²) in [6.07, 6.45) is -1.17. The average molecular weight is 241 g/mol. The molecular weight excluding hydrogens is 227 g/mol. The van der Waals surface area contributed by atoms with Crippen LogP contribution in [-0.2, 0) is 6.18 Å². The van der Waals surface area contributed by atoms with Crippen molar-refractivity contribution in [2.45, 2.75) is 26.9 Å². The molecule has 0 unspecified atom stereocenters. The van der Waals surface area contributed by atoms with E-state index in [9.17, 15) is 13.2 Å². The Morgan fingerprint density at radius 2 is 1.71 bits per heavy atom. The van der Waals surface area contributed by atoms with Crippen LogP contribution in [-0.4, -0.2) is 4.98 Å². The predicted octanol–water partition coefficient (Wildman–Crippen LogP) is 4.59. The average Bonchev–Trinajstić information content (AvgIpc) is 2.30. The van der Waals surface area contributed by atoms with Crippen molar-refractivity contribution in [3.8, 4) is 0 Å². The van der Waals surface area contributed by atoms with Crippen LogP contribution in [0.3, 0.4) is 0 Å². The lowest BCUT2D eigenvalue weighted by Crippen LogP contribution is -2.04. The van der Waals surface area contributed by atoms with Gasteiger partial charge in [-0.15, -0.1) is 0 Å². The molecule has 17 heavy (non-hydrogen) atoms. The van der Waals surface area contributed by atoms with E-state index in [4.69, 9.17) is 0 Å². The Morgan fingerprint density at radius 1 is 1.06 bits per heavy atom. The molecule has 0 aliphatic carbocycles. The molecule has 2 aromatic rings. The summed E-state index contributed by atoms with van der Waals surface area (Å²) < 4.78 is 37.3. The topological polar surface area (TPSA) is 12.9 Å². The SMILES string of the molecule is CC.Cc1cncc2ccc(C(F)(F)F)cc12. The summed E-state index contributed by atoms with van der Waals surface area (Å²) in [5, 5.41) is 1.32. The molecule has 1 nitrogen and oxygen atoms in total. The van der Waals surface area contributed by atoms with Crippen LogP contribution in [0.4, 0.5) is 13.2 Å². The summed E-state index contributed by atoms with van der Waals surface area (Å²) in [6.45, 7) is 5.75. The fraction of sp³-hybridized carbons (Fsp3) is 0.308. The molecule has 0 radical (unpaired) electrons. The number of halogens is 3. The first kappa shape index (κ1) is 13.5. The van der Waals surface area contributed by atoms with Crippen LogP contribution < -0.4 is 0 Å². The predicted molar refractivity (Wildman–Crippen MR) is 62.8 cm³/mol. The lowest BCUT2D eigenvalue weighted by molar-refractivity contribution is -0.137. The van der Waals surface area contributed by atoms with Crippen LogP contribution in [0.5, 0.6) is 0 Å². The van der Waals surface area contributed by atoms with Gasteiger partial charge in [0.2, 0.25) is 0 Å². The lowest BCUT2D eigenvalue weighted by Gasteiger charge is -2.08. The molecule has 4 heteroatoms. The van der Waals surface area contributed by atoms with Crippen LogP contribution in [0.2, 0.25) is 0 Å². The van der Waals surface area contributed by atoms with Crippen LogP contribution in [0.15, 0.2) is 30.6 Å². The van der Waals surface area contributed by atoms with Gasteiger partial charge in [-0.25, -0.2) is 0 Å². The van der Waals surface area contributed by atoms with Crippen LogP contribution in [0.25, 0.3) is 10.8 Å². The van der Waals surface area contributed by atoms with Crippen molar-refractivity contribution in [2.24, 2.45) is 0 Å². The Kier molecular flexibility index (Phi) is 4.10. The van der Waals surface area contributed by atoms with E-state index in [2.05, 4.69) is 4.98 Å². The number of aryl methyl sites for hydroxylation is 1. The highest BCUT2D eigenvalue weighted by molar-refractivity contribution is 5.85. The molecule has 0 fully saturated rings. The van der Waals surface area contributed by atoms with E-state index in [1.807, 2.05) is 13.8 Å². The van der Waals surface area contributed by atoms with Crippen LogP contribution in [0.1, 0.15) is 25.0 Å². The minimum Gasteiger partial charge on any atom is -0.264 e. The Hall–Kier alpha value is -1.58. The second-order valence-electron chi connectivity index (χ2n) is 3.39. The zero-order valence-corrected chi connectivity index (χ0v) is 9.97. The minimum absolute atomic E-state index is 0.597. The molecule has 1 aromatic heterocycles. The number of alkyl halides is 3. The summed E-state index contributed by atoms with van der Waals surface area (Å²) >= 11 is 0. The Bertz CT molecular complexity index is 503. The van der Waals surface area contributed by atoms with Crippen molar-refractivity contribution in [3.05, 3.63) is 41.7 Å². The molecule has 0 N–H and O–H groups in total. The Balaban J connectivity index is 0.000000686. The normalized spacial score (nSPS) is 10.9. The third-order valence-electron chi connectivity index (χ3n) is 2.29. The van der Waals surface area contributed by atoms with Gasteiger partial charge in [-0.1, -0.05) is 19.9 Å². The van der Waals surface area contributed by atoms with Crippen molar-refractivity contribution in [2.75, 3.05) is 0 Å². The van der Waals surface area contributed by atoms with Gasteiger partial charge in [0.05, 0.1) is 5.56 Å². The largest absolute Gasteiger partial charge is 0.416 e. The molecular formula is C13H14F3N. The van der Waals surface area contributed by atoms with Gasteiger partial charge < -0.3 is 0 Å². The maximum atomic E-state index is 12.4. The van der Waals surface area contributed by atoms with Crippen molar-refractivity contribution in [1.29, 1.82) is 0 Å². The van der Waals surface area contributed by atoms with Gasteiger partial charge in [0.25, 0.3) is 0 Å². The third-order valence-corrected chi connectivity index (χ3v) is 2.29. The summed E-state index contributed by atoms with van der Waals surface area (Å²) in [7, 11) is 0. The van der Waals surface area contributed by atoms with E-state index in [0.717, 1.165) is 23.1 Å². The highest BCUT2D eigenvalue weighted by atomic mass is 19.4. The first-order chi connectivity index (χ1) is 7.98. The van der Waals surface area contributed by atoms with E-state index in [1.54, 1.807) is 19.3 Å². The summed E-state index contributed by atoms with van der Waals surface area (Å²) in [5.41, 5.74) is 0.128. The smallest absolute Gasteiger partial charge is 0.264 e. The standard InChI is InChI=1S/C11H8F3N.C2H6/c1-7-5-15-6-8-2-3-9(4-10(7)8)11(12,13)14;1-2/h2-6H,1H3;1-2H3. The molecule has 2 rings (SSSR count). The lowest BCUT2D eigenvalue weighted by atomic mass is 10.1. The third kappa shape index (κ3) is 2.96. The van der Waals surface area contributed by atoms with Gasteiger partial charge >= 0.3 is 6.18 Å². The van der Waals surface area contributed by atoms with E-state index in [0.29, 0.717) is 5.39 Å². The zero-order valence-electron chi connectivity index (χ0n) is 9.97. The van der Waals surface area contributed by atoms with Gasteiger partial charge in [0.15, 0.2) is 0 Å². The number of rotatable bonds is 0. The van der Waals surface area contributed by atoms with Gasteiger partial charge in [0, 0.05) is 17.8 Å². The summed E-state index contributed by atoms with van der Waals surface area (Å²) in [6, 6.07) is 3.67. The number of fused-ring (bicyclic) bond motifs is 1. The molecule has 0 bridgehead atoms. The number of pyridine rings is 1. The quantitative estimate of drug-likeness (QED) is 0.657. The number of benzene rings is 1. The van der Waals surface area contributed by atoms with E-state index in [1.165, 1.54) is 6.07 Å². The summed E-state index contributed by atoms with van der Waals surface area (Å²) in [5.74, 6) is 0. The Labute approximate surface area is 98.3 Å². The number of aromatic nitrogens is 1. The molecule has 1 heterocycles. The van der Waals surface area contributed by atoms with E-state index < -0.39 is 11.7 Å². The fourth-order valence-electron chi connectivity index (χ4n) is 1.49. The number of hydrogen-bond acceptors (Lipinski definition) is 1. The van der Waals surface area contributed by atoms with Crippen LogP contribution in [0, 0.1) is 6.92 Å². The van der Waals surface area contributed by atoms with Gasteiger partial charge in [-0.2, -0.15) is 13.2 Å². The number of nitrogens with zero attached hydrogens (tertiary/aromatic N) is 1. The maximum absolute atomic E-state index is 12.4. The molecule has 0 aliphatic heterocycles. The molecule has 1 aromatic carbocycles. The highest BCUT2D eigenvalue weighted by Gasteiger charge is 2.30. The highest BCUT2D eigenvalue weighted by Crippen LogP contribution is 2.31. The molecule has 0 amide bonds. The zero-order chi connectivity index (χ0) is 13.1. The van der Waals surface area contributed by atoms with Crippen molar-refractivity contribution >= 4 is 10.8 Å². The second-order valence-corrected chi connectivity index (χ2v) is 3.39. The molecule has 0 spiro atoms. The van der Waals surface area contributed by atoms with Crippen molar-refractivity contribution in [3.63, 3.8) is 0 Å². The van der Waals surface area contributed by atoms with Crippen LogP contribution >= 0.6 is 0 Å². The first-order valence-corrected chi connectivity index (χ1v) is 5.40. The summed E-state index contributed by atoms with van der Waals surface area (Å²) in [4.78, 5) is 3.92. The minimum atomic E-state index is -4.29. The first-order valence-electron chi connectivity index (χ1n) is 5.40. The Morgan fingerprint density at radius 3 is 2.29 bits per heavy atom. The molecule has 0 saturated heterocycles. The van der Waals surface area contributed by atoms with Gasteiger partial charge in [-0.05, 0) is 30.0 Å². The van der Waals surface area contributed by atoms with Crippen molar-refractivity contribution < 1.29 is 13.2 Å². The molecule has 92 valence electrons. The monoisotopic (exact) mass is 241 g/mol. The second kappa shape index (κ2) is 5.17. The van der Waals surface area contributed by atoms with E-state index in [-0.39, 0.29) is 0 Å². The fourth-order valence-corrected chi connectivity index (χ4v) is 1.49. The maximum Gasteiger partial charge on any atom is 0.416 e. The van der Waals surface area contributed by atoms with Gasteiger partial charge in [0.1, 0.15) is 0 Å².